The molecule has 1 aromatic carbocycles. The highest BCUT2D eigenvalue weighted by atomic mass is 35.5. The van der Waals surface area contributed by atoms with Gasteiger partial charge in [-0.1, -0.05) is 24.6 Å². The fraction of sp³-hybridized carbons (Fsp3) is 0.500. The van der Waals surface area contributed by atoms with E-state index in [2.05, 4.69) is 19.2 Å². The molecule has 0 bridgehead atoms. The predicted octanol–water partition coefficient (Wildman–Crippen LogP) is 3.24. The highest BCUT2D eigenvalue weighted by Gasteiger charge is 2.02. The van der Waals surface area contributed by atoms with Gasteiger partial charge in [0.1, 0.15) is 5.75 Å². The topological polar surface area (TPSA) is 21.3 Å². The molecule has 1 N–H and O–H groups in total. The number of halogens is 1. The zero-order chi connectivity index (χ0) is 11.3. The van der Waals surface area contributed by atoms with E-state index in [0.29, 0.717) is 11.1 Å². The summed E-state index contributed by atoms with van der Waals surface area (Å²) in [6.07, 6.45) is 1.13. The monoisotopic (exact) mass is 227 g/mol. The number of benzene rings is 1. The van der Waals surface area contributed by atoms with E-state index in [9.17, 15) is 0 Å². The van der Waals surface area contributed by atoms with E-state index in [1.54, 1.807) is 7.11 Å². The van der Waals surface area contributed by atoms with Gasteiger partial charge in [-0.2, -0.15) is 0 Å². The first-order valence-corrected chi connectivity index (χ1v) is 5.61. The fourth-order valence-electron chi connectivity index (χ4n) is 1.26. The molecule has 0 aliphatic rings. The van der Waals surface area contributed by atoms with Gasteiger partial charge in [0.25, 0.3) is 0 Å². The van der Waals surface area contributed by atoms with Gasteiger partial charge >= 0.3 is 0 Å². The number of hydrogen-bond donors (Lipinski definition) is 1. The first kappa shape index (κ1) is 12.3. The summed E-state index contributed by atoms with van der Waals surface area (Å²) in [5.41, 5.74) is 1.18. The third kappa shape index (κ3) is 3.73. The van der Waals surface area contributed by atoms with Crippen LogP contribution in [0, 0.1) is 0 Å². The summed E-state index contributed by atoms with van der Waals surface area (Å²) >= 11 is 6.03. The molecule has 0 saturated heterocycles. The standard InChI is InChI=1S/C12H18ClNO/c1-4-9(2)14-8-10-5-6-12(15-3)11(13)7-10/h5-7,9,14H,4,8H2,1-3H3/t9-/m0/s1. The molecule has 0 spiro atoms. The van der Waals surface area contributed by atoms with Gasteiger partial charge in [-0.05, 0) is 31.0 Å². The highest BCUT2D eigenvalue weighted by molar-refractivity contribution is 6.32. The van der Waals surface area contributed by atoms with Crippen LogP contribution in [0.1, 0.15) is 25.8 Å². The van der Waals surface area contributed by atoms with Crippen molar-refractivity contribution in [2.75, 3.05) is 7.11 Å². The molecule has 0 radical (unpaired) electrons. The molecule has 1 rings (SSSR count). The summed E-state index contributed by atoms with van der Waals surface area (Å²) in [6, 6.07) is 6.40. The zero-order valence-electron chi connectivity index (χ0n) is 9.51. The van der Waals surface area contributed by atoms with Crippen LogP contribution in [0.5, 0.6) is 5.75 Å². The van der Waals surface area contributed by atoms with Crippen molar-refractivity contribution in [2.45, 2.75) is 32.9 Å². The van der Waals surface area contributed by atoms with Crippen molar-refractivity contribution in [1.82, 2.24) is 5.32 Å². The lowest BCUT2D eigenvalue weighted by molar-refractivity contribution is 0.414. The number of hydrogen-bond acceptors (Lipinski definition) is 2. The van der Waals surface area contributed by atoms with Crippen molar-refractivity contribution < 1.29 is 4.74 Å². The summed E-state index contributed by atoms with van der Waals surface area (Å²) in [6.45, 7) is 5.18. The Bertz CT molecular complexity index is 314. The van der Waals surface area contributed by atoms with Gasteiger partial charge in [0.15, 0.2) is 0 Å². The molecule has 0 aromatic heterocycles. The largest absolute Gasteiger partial charge is 0.495 e. The predicted molar refractivity (Wildman–Crippen MR) is 64.6 cm³/mol. The minimum absolute atomic E-state index is 0.533. The molecule has 2 nitrogen and oxygen atoms in total. The average Bonchev–Trinajstić information content (AvgIpc) is 2.26. The van der Waals surface area contributed by atoms with Crippen LogP contribution in [0.15, 0.2) is 18.2 Å². The molecular weight excluding hydrogens is 210 g/mol. The lowest BCUT2D eigenvalue weighted by Crippen LogP contribution is -2.24. The molecule has 1 atom stereocenters. The molecule has 0 aliphatic heterocycles. The Hall–Kier alpha value is -0.730. The minimum Gasteiger partial charge on any atom is -0.495 e. The van der Waals surface area contributed by atoms with Gasteiger partial charge in [-0.3, -0.25) is 0 Å². The van der Waals surface area contributed by atoms with E-state index in [4.69, 9.17) is 16.3 Å². The van der Waals surface area contributed by atoms with E-state index in [1.807, 2.05) is 18.2 Å². The number of rotatable bonds is 5. The average molecular weight is 228 g/mol. The Morgan fingerprint density at radius 1 is 1.47 bits per heavy atom. The maximum Gasteiger partial charge on any atom is 0.137 e. The highest BCUT2D eigenvalue weighted by Crippen LogP contribution is 2.24. The Balaban J connectivity index is 2.59. The summed E-state index contributed by atoms with van der Waals surface area (Å²) in [5.74, 6) is 0.726. The minimum atomic E-state index is 0.533. The van der Waals surface area contributed by atoms with Crippen LogP contribution in [0.2, 0.25) is 5.02 Å². The van der Waals surface area contributed by atoms with Crippen LogP contribution in [-0.2, 0) is 6.54 Å². The summed E-state index contributed by atoms with van der Waals surface area (Å²) in [5, 5.41) is 4.08. The Morgan fingerprint density at radius 2 is 2.20 bits per heavy atom. The van der Waals surface area contributed by atoms with Crippen molar-refractivity contribution in [1.29, 1.82) is 0 Å². The first-order chi connectivity index (χ1) is 7.17. The van der Waals surface area contributed by atoms with Gasteiger partial charge in [0.2, 0.25) is 0 Å². The van der Waals surface area contributed by atoms with Crippen LogP contribution < -0.4 is 10.1 Å². The molecule has 1 aromatic rings. The molecule has 3 heteroatoms. The quantitative estimate of drug-likeness (QED) is 0.834. The molecule has 0 saturated carbocycles. The number of ether oxygens (including phenoxy) is 1. The van der Waals surface area contributed by atoms with E-state index in [-0.39, 0.29) is 0 Å². The van der Waals surface area contributed by atoms with Crippen LogP contribution in [0.4, 0.5) is 0 Å². The van der Waals surface area contributed by atoms with E-state index in [0.717, 1.165) is 18.7 Å². The van der Waals surface area contributed by atoms with Crippen molar-refractivity contribution in [3.63, 3.8) is 0 Å². The Labute approximate surface area is 96.6 Å². The second kappa shape index (κ2) is 5.99. The zero-order valence-corrected chi connectivity index (χ0v) is 10.3. The lowest BCUT2D eigenvalue weighted by atomic mass is 10.2. The van der Waals surface area contributed by atoms with Gasteiger partial charge in [-0.15, -0.1) is 0 Å². The van der Waals surface area contributed by atoms with Gasteiger partial charge in [0.05, 0.1) is 12.1 Å². The van der Waals surface area contributed by atoms with Crippen LogP contribution in [-0.4, -0.2) is 13.2 Å². The molecule has 0 unspecified atom stereocenters. The maximum absolute atomic E-state index is 6.03. The fourth-order valence-corrected chi connectivity index (χ4v) is 1.54. The van der Waals surface area contributed by atoms with Crippen LogP contribution >= 0.6 is 11.6 Å². The summed E-state index contributed by atoms with van der Waals surface area (Å²) in [4.78, 5) is 0. The van der Waals surface area contributed by atoms with Crippen molar-refractivity contribution >= 4 is 11.6 Å². The normalized spacial score (nSPS) is 12.5. The van der Waals surface area contributed by atoms with Gasteiger partial charge < -0.3 is 10.1 Å². The third-order valence-corrected chi connectivity index (χ3v) is 2.78. The molecule has 0 amide bonds. The number of nitrogens with one attached hydrogen (secondary N) is 1. The van der Waals surface area contributed by atoms with Crippen LogP contribution in [0.3, 0.4) is 0 Å². The van der Waals surface area contributed by atoms with E-state index >= 15 is 0 Å². The Kier molecular flexibility index (Phi) is 4.92. The second-order valence-electron chi connectivity index (χ2n) is 3.66. The van der Waals surface area contributed by atoms with Gasteiger partial charge in [-0.25, -0.2) is 0 Å². The van der Waals surface area contributed by atoms with E-state index in [1.165, 1.54) is 5.56 Å². The number of methoxy groups -OCH3 is 1. The first-order valence-electron chi connectivity index (χ1n) is 5.23. The molecule has 15 heavy (non-hydrogen) atoms. The van der Waals surface area contributed by atoms with Crippen molar-refractivity contribution in [2.24, 2.45) is 0 Å². The molecule has 0 heterocycles. The molecular formula is C12H18ClNO. The Morgan fingerprint density at radius 3 is 2.73 bits per heavy atom. The van der Waals surface area contributed by atoms with Gasteiger partial charge in [0, 0.05) is 12.6 Å². The van der Waals surface area contributed by atoms with Crippen LogP contribution in [0.25, 0.3) is 0 Å². The molecule has 0 fully saturated rings. The summed E-state index contributed by atoms with van der Waals surface area (Å²) < 4.78 is 5.09. The smallest absolute Gasteiger partial charge is 0.137 e. The summed E-state index contributed by atoms with van der Waals surface area (Å²) in [7, 11) is 1.62. The maximum atomic E-state index is 6.03. The lowest BCUT2D eigenvalue weighted by Gasteiger charge is -2.12. The SMILES string of the molecule is CC[C@H](C)NCc1ccc(OC)c(Cl)c1. The molecule has 84 valence electrons. The van der Waals surface area contributed by atoms with Crippen molar-refractivity contribution in [3.05, 3.63) is 28.8 Å². The van der Waals surface area contributed by atoms with E-state index < -0.39 is 0 Å². The second-order valence-corrected chi connectivity index (χ2v) is 4.07. The molecule has 0 aliphatic carbocycles. The van der Waals surface area contributed by atoms with Crippen molar-refractivity contribution in [3.8, 4) is 5.75 Å². The third-order valence-electron chi connectivity index (χ3n) is 2.48.